The lowest BCUT2D eigenvalue weighted by Gasteiger charge is -2.12. The lowest BCUT2D eigenvalue weighted by molar-refractivity contribution is 0.729. The Morgan fingerprint density at radius 2 is 2.18 bits per heavy atom. The van der Waals surface area contributed by atoms with Crippen molar-refractivity contribution in [2.45, 2.75) is 19.4 Å². The molecule has 0 saturated heterocycles. The van der Waals surface area contributed by atoms with Crippen molar-refractivity contribution in [1.82, 2.24) is 4.98 Å². The van der Waals surface area contributed by atoms with Gasteiger partial charge in [-0.05, 0) is 31.0 Å². The molecule has 17 heavy (non-hydrogen) atoms. The molecular weight excluding hydrogens is 275 g/mol. The molecule has 2 N–H and O–H groups in total. The predicted molar refractivity (Wildman–Crippen MR) is 73.9 cm³/mol. The molecule has 1 heterocycles. The van der Waals surface area contributed by atoms with Crippen LogP contribution >= 0.6 is 34.5 Å². The van der Waals surface area contributed by atoms with Crippen molar-refractivity contribution in [3.8, 4) is 0 Å². The molecule has 0 radical (unpaired) electrons. The number of hydrogen-bond acceptors (Lipinski definition) is 3. The number of rotatable bonds is 3. The fraction of sp³-hybridized carbons (Fsp3) is 0.250. The molecular formula is C12H12Cl2N2S. The second kappa shape index (κ2) is 5.36. The Kier molecular flexibility index (Phi) is 4.05. The predicted octanol–water partition coefficient (Wildman–Crippen LogP) is 4.00. The number of aromatic nitrogens is 1. The first-order chi connectivity index (χ1) is 8.08. The number of thiazole rings is 1. The van der Waals surface area contributed by atoms with Gasteiger partial charge in [-0.15, -0.1) is 11.3 Å². The van der Waals surface area contributed by atoms with Crippen LogP contribution in [0, 0.1) is 6.92 Å². The lowest BCUT2D eigenvalue weighted by atomic mass is 10.0. The van der Waals surface area contributed by atoms with Crippen molar-refractivity contribution >= 4 is 34.5 Å². The van der Waals surface area contributed by atoms with E-state index in [9.17, 15) is 0 Å². The number of aryl methyl sites for hydroxylation is 1. The monoisotopic (exact) mass is 286 g/mol. The molecule has 2 nitrogen and oxygen atoms in total. The Bertz CT molecular complexity index is 525. The summed E-state index contributed by atoms with van der Waals surface area (Å²) >= 11 is 13.6. The Balaban J connectivity index is 2.19. The lowest BCUT2D eigenvalue weighted by Crippen LogP contribution is -2.13. The normalized spacial score (nSPS) is 12.7. The smallest absolute Gasteiger partial charge is 0.0798 e. The Morgan fingerprint density at radius 3 is 2.76 bits per heavy atom. The molecule has 0 amide bonds. The molecule has 90 valence electrons. The molecule has 1 atom stereocenters. The molecule has 2 rings (SSSR count). The summed E-state index contributed by atoms with van der Waals surface area (Å²) in [5, 5.41) is 1.30. The molecule has 5 heteroatoms. The molecule has 0 spiro atoms. The summed E-state index contributed by atoms with van der Waals surface area (Å²) in [4.78, 5) is 5.31. The van der Waals surface area contributed by atoms with Crippen LogP contribution < -0.4 is 5.73 Å². The zero-order chi connectivity index (χ0) is 12.4. The van der Waals surface area contributed by atoms with E-state index in [2.05, 4.69) is 4.98 Å². The van der Waals surface area contributed by atoms with Crippen molar-refractivity contribution in [3.63, 3.8) is 0 Å². The van der Waals surface area contributed by atoms with Gasteiger partial charge in [0, 0.05) is 21.0 Å². The summed E-state index contributed by atoms with van der Waals surface area (Å²) in [6.45, 7) is 1.97. The van der Waals surface area contributed by atoms with Crippen LogP contribution in [0.15, 0.2) is 23.7 Å². The average molecular weight is 287 g/mol. The minimum absolute atomic E-state index is 0.0684. The summed E-state index contributed by atoms with van der Waals surface area (Å²) < 4.78 is 0. The first-order valence-electron chi connectivity index (χ1n) is 5.17. The minimum atomic E-state index is -0.0684. The van der Waals surface area contributed by atoms with Gasteiger partial charge in [0.25, 0.3) is 0 Å². The van der Waals surface area contributed by atoms with Crippen LogP contribution in [0.1, 0.15) is 22.2 Å². The highest BCUT2D eigenvalue weighted by molar-refractivity contribution is 7.09. The fourth-order valence-electron chi connectivity index (χ4n) is 1.68. The average Bonchev–Trinajstić information content (AvgIpc) is 2.68. The molecule has 1 aromatic carbocycles. The molecule has 2 aromatic rings. The van der Waals surface area contributed by atoms with Crippen molar-refractivity contribution in [3.05, 3.63) is 49.9 Å². The van der Waals surface area contributed by atoms with Gasteiger partial charge in [-0.1, -0.05) is 29.3 Å². The van der Waals surface area contributed by atoms with Gasteiger partial charge < -0.3 is 5.73 Å². The Hall–Kier alpha value is -0.610. The van der Waals surface area contributed by atoms with E-state index >= 15 is 0 Å². The molecule has 1 aromatic heterocycles. The summed E-state index contributed by atoms with van der Waals surface area (Å²) in [7, 11) is 0. The fourth-order valence-corrected chi connectivity index (χ4v) is 2.98. The highest BCUT2D eigenvalue weighted by Crippen LogP contribution is 2.27. The number of nitrogens with two attached hydrogens (primary N) is 1. The number of hydrogen-bond donors (Lipinski definition) is 1. The summed E-state index contributed by atoms with van der Waals surface area (Å²) in [5.74, 6) is 0. The zero-order valence-electron chi connectivity index (χ0n) is 9.28. The maximum atomic E-state index is 6.16. The number of nitrogens with zero attached hydrogens (tertiary/aromatic N) is 1. The van der Waals surface area contributed by atoms with Crippen LogP contribution in [0.5, 0.6) is 0 Å². The molecule has 0 aliphatic heterocycles. The van der Waals surface area contributed by atoms with E-state index in [0.29, 0.717) is 16.5 Å². The van der Waals surface area contributed by atoms with Gasteiger partial charge in [0.05, 0.1) is 11.2 Å². The van der Waals surface area contributed by atoms with E-state index in [1.165, 1.54) is 0 Å². The maximum Gasteiger partial charge on any atom is 0.0798 e. The zero-order valence-corrected chi connectivity index (χ0v) is 11.6. The number of benzene rings is 1. The third-order valence-corrected chi connectivity index (χ3v) is 4.22. The van der Waals surface area contributed by atoms with E-state index < -0.39 is 0 Å². The van der Waals surface area contributed by atoms with Crippen LogP contribution in [0.4, 0.5) is 0 Å². The highest BCUT2D eigenvalue weighted by Gasteiger charge is 2.13. The summed E-state index contributed by atoms with van der Waals surface area (Å²) in [6.07, 6.45) is 0.693. The summed E-state index contributed by atoms with van der Waals surface area (Å²) in [5.41, 5.74) is 9.98. The van der Waals surface area contributed by atoms with Gasteiger partial charge in [0.15, 0.2) is 0 Å². The third-order valence-electron chi connectivity index (χ3n) is 2.57. The first kappa shape index (κ1) is 12.8. The van der Waals surface area contributed by atoms with E-state index in [0.717, 1.165) is 16.1 Å². The maximum absolute atomic E-state index is 6.16. The van der Waals surface area contributed by atoms with Gasteiger partial charge in [0.1, 0.15) is 0 Å². The topological polar surface area (TPSA) is 38.9 Å². The molecule has 0 fully saturated rings. The van der Waals surface area contributed by atoms with Crippen molar-refractivity contribution in [1.29, 1.82) is 0 Å². The van der Waals surface area contributed by atoms with Crippen LogP contribution in [0.25, 0.3) is 0 Å². The van der Waals surface area contributed by atoms with E-state index in [-0.39, 0.29) is 6.04 Å². The Labute approximate surface area is 114 Å². The number of halogens is 2. The van der Waals surface area contributed by atoms with Gasteiger partial charge in [0.2, 0.25) is 0 Å². The van der Waals surface area contributed by atoms with Gasteiger partial charge in [-0.2, -0.15) is 0 Å². The highest BCUT2D eigenvalue weighted by atomic mass is 35.5. The van der Waals surface area contributed by atoms with Crippen LogP contribution in [0.2, 0.25) is 10.0 Å². The third kappa shape index (κ3) is 2.99. The van der Waals surface area contributed by atoms with Crippen LogP contribution in [-0.4, -0.2) is 4.98 Å². The van der Waals surface area contributed by atoms with E-state index in [4.69, 9.17) is 28.9 Å². The van der Waals surface area contributed by atoms with E-state index in [1.54, 1.807) is 17.4 Å². The molecule has 1 unspecified atom stereocenters. The quantitative estimate of drug-likeness (QED) is 0.926. The van der Waals surface area contributed by atoms with Crippen LogP contribution in [-0.2, 0) is 6.42 Å². The van der Waals surface area contributed by atoms with Gasteiger partial charge in [-0.3, -0.25) is 0 Å². The largest absolute Gasteiger partial charge is 0.323 e. The second-order valence-electron chi connectivity index (χ2n) is 3.85. The van der Waals surface area contributed by atoms with Crippen molar-refractivity contribution < 1.29 is 0 Å². The SMILES string of the molecule is Cc1ncsc1C(N)Cc1ccc(Cl)cc1Cl. The summed E-state index contributed by atoms with van der Waals surface area (Å²) in [6, 6.07) is 5.42. The standard InChI is InChI=1S/C12H12Cl2N2S/c1-7-12(17-6-16-7)11(15)4-8-2-3-9(13)5-10(8)14/h2-3,5-6,11H,4,15H2,1H3. The van der Waals surface area contributed by atoms with Gasteiger partial charge >= 0.3 is 0 Å². The minimum Gasteiger partial charge on any atom is -0.323 e. The second-order valence-corrected chi connectivity index (χ2v) is 5.58. The Morgan fingerprint density at radius 1 is 1.41 bits per heavy atom. The van der Waals surface area contributed by atoms with E-state index in [1.807, 2.05) is 24.6 Å². The van der Waals surface area contributed by atoms with Crippen molar-refractivity contribution in [2.24, 2.45) is 5.73 Å². The van der Waals surface area contributed by atoms with Crippen LogP contribution in [0.3, 0.4) is 0 Å². The molecule has 0 saturated carbocycles. The van der Waals surface area contributed by atoms with Gasteiger partial charge in [-0.25, -0.2) is 4.98 Å². The molecule has 0 aliphatic carbocycles. The van der Waals surface area contributed by atoms with Crippen molar-refractivity contribution in [2.75, 3.05) is 0 Å². The molecule has 0 bridgehead atoms. The first-order valence-corrected chi connectivity index (χ1v) is 6.81. The molecule has 0 aliphatic rings.